The predicted molar refractivity (Wildman–Crippen MR) is 128 cm³/mol. The number of halogens is 3. The van der Waals surface area contributed by atoms with Crippen molar-refractivity contribution in [3.05, 3.63) is 47.8 Å². The molecule has 3 atom stereocenters. The second kappa shape index (κ2) is 8.15. The molecule has 2 aliphatic heterocycles. The molecule has 3 unspecified atom stereocenters. The lowest BCUT2D eigenvalue weighted by atomic mass is 9.75. The summed E-state index contributed by atoms with van der Waals surface area (Å²) < 4.78 is 46.9. The van der Waals surface area contributed by atoms with Gasteiger partial charge in [0.05, 0.1) is 17.4 Å². The molecule has 2 aliphatic carbocycles. The molecule has 4 aliphatic rings. The minimum atomic E-state index is -4.79. The fourth-order valence-corrected chi connectivity index (χ4v) is 6.34. The number of rotatable bonds is 4. The average molecular weight is 514 g/mol. The van der Waals surface area contributed by atoms with Gasteiger partial charge in [0.1, 0.15) is 23.5 Å². The number of hydrogen-bond acceptors (Lipinski definition) is 6. The number of fused-ring (bicyclic) bond motifs is 2. The van der Waals surface area contributed by atoms with E-state index in [2.05, 4.69) is 10.3 Å². The van der Waals surface area contributed by atoms with Crippen LogP contribution in [0.5, 0.6) is 5.75 Å². The molecule has 1 N–H and O–H groups in total. The molecule has 1 aromatic carbocycles. The number of carbonyl (C=O) groups excluding carboxylic acids is 1. The minimum Gasteiger partial charge on any atom is -0.490 e. The second-order valence-corrected chi connectivity index (χ2v) is 10.2. The van der Waals surface area contributed by atoms with Gasteiger partial charge in [0, 0.05) is 24.2 Å². The molecule has 2 saturated carbocycles. The molecule has 6 rings (SSSR count). The molecule has 1 amide bonds. The average Bonchev–Trinajstić information content (AvgIpc) is 3.50. The maximum atomic E-state index is 13.6. The zero-order valence-corrected chi connectivity index (χ0v) is 19.9. The zero-order valence-electron chi connectivity index (χ0n) is 19.1. The maximum Gasteiger partial charge on any atom is 0.419 e. The van der Waals surface area contributed by atoms with E-state index in [4.69, 9.17) is 22.2 Å². The molecular formula is C25H22F3N5O2S. The van der Waals surface area contributed by atoms with E-state index in [0.29, 0.717) is 30.5 Å². The van der Waals surface area contributed by atoms with Gasteiger partial charge in [-0.3, -0.25) is 9.69 Å². The summed E-state index contributed by atoms with van der Waals surface area (Å²) >= 11 is 5.65. The number of hydrogen-bond donors (Lipinski definition) is 1. The van der Waals surface area contributed by atoms with Gasteiger partial charge < -0.3 is 15.0 Å². The Morgan fingerprint density at radius 1 is 1.19 bits per heavy atom. The molecular weight excluding hydrogens is 491 g/mol. The van der Waals surface area contributed by atoms with Gasteiger partial charge >= 0.3 is 6.18 Å². The summed E-state index contributed by atoms with van der Waals surface area (Å²) in [5.41, 5.74) is -2.32. The van der Waals surface area contributed by atoms with Crippen LogP contribution in [0.3, 0.4) is 0 Å². The molecule has 1 aromatic heterocycles. The highest BCUT2D eigenvalue weighted by molar-refractivity contribution is 7.81. The Morgan fingerprint density at radius 2 is 1.94 bits per heavy atom. The summed E-state index contributed by atoms with van der Waals surface area (Å²) in [7, 11) is 0. The summed E-state index contributed by atoms with van der Waals surface area (Å²) in [6.45, 7) is 0.968. The summed E-state index contributed by atoms with van der Waals surface area (Å²) in [5, 5.41) is 12.6. The number of nitrogens with zero attached hydrogens (tertiary/aromatic N) is 4. The SMILES string of the molecule is N#Cc1ncc(N2C(=O)C3(CCC3)N(c3ccc(OC4CC5CC4CN5)cc3)C2=S)cc1C(F)(F)F. The molecule has 11 heteroatoms. The van der Waals surface area contributed by atoms with Crippen molar-refractivity contribution in [1.82, 2.24) is 10.3 Å². The lowest BCUT2D eigenvalue weighted by Gasteiger charge is -2.43. The Labute approximate surface area is 210 Å². The number of carbonyl (C=O) groups is 1. The van der Waals surface area contributed by atoms with Gasteiger partial charge in [0.2, 0.25) is 0 Å². The lowest BCUT2D eigenvalue weighted by Crippen LogP contribution is -2.55. The number of piperidine rings is 1. The largest absolute Gasteiger partial charge is 0.490 e. The van der Waals surface area contributed by atoms with Crippen molar-refractivity contribution < 1.29 is 22.7 Å². The molecule has 186 valence electrons. The Kier molecular flexibility index (Phi) is 5.25. The van der Waals surface area contributed by atoms with Crippen molar-refractivity contribution in [2.45, 2.75) is 56.0 Å². The third-order valence-corrected chi connectivity index (χ3v) is 8.18. The number of amides is 1. The van der Waals surface area contributed by atoms with Crippen LogP contribution in [-0.2, 0) is 11.0 Å². The number of benzene rings is 1. The van der Waals surface area contributed by atoms with E-state index in [-0.39, 0.29) is 22.8 Å². The summed E-state index contributed by atoms with van der Waals surface area (Å²) in [6, 6.07) is 10.1. The Hall–Kier alpha value is -3.23. The van der Waals surface area contributed by atoms with Gasteiger partial charge in [-0.25, -0.2) is 4.98 Å². The third-order valence-electron chi connectivity index (χ3n) is 7.82. The van der Waals surface area contributed by atoms with Crippen molar-refractivity contribution >= 4 is 34.6 Å². The monoisotopic (exact) mass is 513 g/mol. The number of aromatic nitrogens is 1. The van der Waals surface area contributed by atoms with Crippen LogP contribution < -0.4 is 19.9 Å². The smallest absolute Gasteiger partial charge is 0.419 e. The first-order valence-corrected chi connectivity index (χ1v) is 12.3. The maximum absolute atomic E-state index is 13.6. The normalized spacial score (nSPS) is 26.4. The van der Waals surface area contributed by atoms with E-state index in [1.54, 1.807) is 4.90 Å². The number of alkyl halides is 3. The van der Waals surface area contributed by atoms with Crippen molar-refractivity contribution in [3.63, 3.8) is 0 Å². The molecule has 2 saturated heterocycles. The predicted octanol–water partition coefficient (Wildman–Crippen LogP) is 4.16. The van der Waals surface area contributed by atoms with Gasteiger partial charge in [-0.1, -0.05) is 0 Å². The van der Waals surface area contributed by atoms with Crippen LogP contribution in [-0.4, -0.2) is 40.2 Å². The van der Waals surface area contributed by atoms with Crippen LogP contribution in [0.4, 0.5) is 24.5 Å². The van der Waals surface area contributed by atoms with Crippen LogP contribution in [0.15, 0.2) is 36.5 Å². The molecule has 3 heterocycles. The molecule has 1 spiro atoms. The Balaban J connectivity index is 1.30. The fourth-order valence-electron chi connectivity index (χ4n) is 5.87. The second-order valence-electron chi connectivity index (χ2n) is 9.83. The van der Waals surface area contributed by atoms with Crippen LogP contribution in [0.25, 0.3) is 0 Å². The van der Waals surface area contributed by atoms with Crippen LogP contribution in [0, 0.1) is 17.2 Å². The Morgan fingerprint density at radius 3 is 2.50 bits per heavy atom. The summed E-state index contributed by atoms with van der Waals surface area (Å²) in [4.78, 5) is 20.1. The first-order chi connectivity index (χ1) is 17.2. The highest BCUT2D eigenvalue weighted by atomic mass is 32.1. The number of thiocarbonyl (C=S) groups is 1. The highest BCUT2D eigenvalue weighted by Crippen LogP contribution is 2.48. The van der Waals surface area contributed by atoms with Crippen molar-refractivity contribution in [1.29, 1.82) is 5.26 Å². The third kappa shape index (κ3) is 3.46. The molecule has 7 nitrogen and oxygen atoms in total. The zero-order chi connectivity index (χ0) is 25.2. The van der Waals surface area contributed by atoms with Crippen LogP contribution in [0.2, 0.25) is 0 Å². The van der Waals surface area contributed by atoms with Crippen LogP contribution in [0.1, 0.15) is 43.4 Å². The number of nitrogens with one attached hydrogen (secondary N) is 1. The van der Waals surface area contributed by atoms with Crippen LogP contribution >= 0.6 is 12.2 Å². The molecule has 4 fully saturated rings. The van der Waals surface area contributed by atoms with Crippen molar-refractivity contribution in [2.24, 2.45) is 5.92 Å². The standard InChI is InChI=1S/C25H22F3N5O2S/c26-25(27,28)19-10-17(13-31-20(19)11-29)32-22(34)24(6-1-7-24)33(23(32)36)16-2-4-18(5-3-16)35-21-9-15-8-14(21)12-30-15/h2-5,10,13-15,21,30H,1,6-9,12H2. The van der Waals surface area contributed by atoms with E-state index in [1.165, 1.54) is 6.07 Å². The van der Waals surface area contributed by atoms with Gasteiger partial charge in [0.25, 0.3) is 5.91 Å². The minimum absolute atomic E-state index is 0.0900. The summed E-state index contributed by atoms with van der Waals surface area (Å²) in [6.07, 6.45) is 0.461. The molecule has 36 heavy (non-hydrogen) atoms. The quantitative estimate of drug-likeness (QED) is 0.615. The van der Waals surface area contributed by atoms with Gasteiger partial charge in [0.15, 0.2) is 10.8 Å². The van der Waals surface area contributed by atoms with Gasteiger partial charge in [-0.15, -0.1) is 0 Å². The molecule has 0 radical (unpaired) electrons. The molecule has 2 bridgehead atoms. The number of ether oxygens (including phenoxy) is 1. The first-order valence-electron chi connectivity index (χ1n) is 11.9. The van der Waals surface area contributed by atoms with E-state index >= 15 is 0 Å². The van der Waals surface area contributed by atoms with E-state index in [0.717, 1.165) is 48.7 Å². The van der Waals surface area contributed by atoms with Crippen molar-refractivity contribution in [2.75, 3.05) is 16.3 Å². The van der Waals surface area contributed by atoms with E-state index in [9.17, 15) is 18.0 Å². The topological polar surface area (TPSA) is 81.5 Å². The number of anilines is 2. The first kappa shape index (κ1) is 23.2. The van der Waals surface area contributed by atoms with E-state index < -0.39 is 23.0 Å². The summed E-state index contributed by atoms with van der Waals surface area (Å²) in [5.74, 6) is 0.861. The van der Waals surface area contributed by atoms with Gasteiger partial charge in [-0.05, 0) is 74.7 Å². The molecule has 2 aromatic rings. The van der Waals surface area contributed by atoms with Crippen molar-refractivity contribution in [3.8, 4) is 11.8 Å². The fraction of sp³-hybridized carbons (Fsp3) is 0.440. The van der Waals surface area contributed by atoms with E-state index in [1.807, 2.05) is 24.3 Å². The Bertz CT molecular complexity index is 1290. The highest BCUT2D eigenvalue weighted by Gasteiger charge is 2.59. The number of pyridine rings is 1. The van der Waals surface area contributed by atoms with Gasteiger partial charge in [-0.2, -0.15) is 18.4 Å². The number of nitriles is 1. The lowest BCUT2D eigenvalue weighted by molar-refractivity contribution is -0.138.